The van der Waals surface area contributed by atoms with Gasteiger partial charge in [-0.05, 0) is 47.0 Å². The van der Waals surface area contributed by atoms with Gasteiger partial charge in [-0.25, -0.2) is 8.42 Å². The zero-order valence-corrected chi connectivity index (χ0v) is 14.8. The molecule has 1 atom stereocenters. The molecule has 0 saturated carbocycles. The van der Waals surface area contributed by atoms with Crippen molar-refractivity contribution in [1.29, 1.82) is 0 Å². The highest BCUT2D eigenvalue weighted by Gasteiger charge is 2.36. The number of sulfonamides is 1. The maximum absolute atomic E-state index is 12.3. The highest BCUT2D eigenvalue weighted by Crippen LogP contribution is 2.28. The first-order valence-corrected chi connectivity index (χ1v) is 9.45. The molecule has 1 aromatic rings. The number of benzene rings is 1. The van der Waals surface area contributed by atoms with E-state index in [1.54, 1.807) is 6.07 Å². The van der Waals surface area contributed by atoms with E-state index < -0.39 is 16.1 Å². The summed E-state index contributed by atoms with van der Waals surface area (Å²) in [5.41, 5.74) is 0.615. The van der Waals surface area contributed by atoms with Gasteiger partial charge in [-0.2, -0.15) is 4.31 Å². The Bertz CT molecular complexity index is 634. The van der Waals surface area contributed by atoms with Gasteiger partial charge in [0.25, 0.3) is 0 Å². The Labute approximate surface area is 135 Å². The molecule has 2 rings (SSSR count). The standard InChI is InChI=1S/C12H14Br2N2O3S/c1-20(18,19)16-6-2-3-11(16)12(17)15-10-7-8(13)4-5-9(10)14/h4-5,7,11H,2-3,6H2,1H3,(H,15,17). The van der Waals surface area contributed by atoms with Crippen molar-refractivity contribution < 1.29 is 13.2 Å². The van der Waals surface area contributed by atoms with Crippen molar-refractivity contribution in [3.8, 4) is 0 Å². The van der Waals surface area contributed by atoms with Crippen LogP contribution in [0.3, 0.4) is 0 Å². The number of rotatable bonds is 3. The largest absolute Gasteiger partial charge is 0.324 e. The summed E-state index contributed by atoms with van der Waals surface area (Å²) >= 11 is 6.69. The molecule has 0 aromatic heterocycles. The summed E-state index contributed by atoms with van der Waals surface area (Å²) in [6.07, 6.45) is 2.38. The monoisotopic (exact) mass is 424 g/mol. The van der Waals surface area contributed by atoms with Gasteiger partial charge in [0, 0.05) is 15.5 Å². The minimum Gasteiger partial charge on any atom is -0.324 e. The first-order valence-electron chi connectivity index (χ1n) is 6.02. The second kappa shape index (κ2) is 6.13. The molecule has 0 spiro atoms. The topological polar surface area (TPSA) is 66.5 Å². The smallest absolute Gasteiger partial charge is 0.242 e. The van der Waals surface area contributed by atoms with Gasteiger partial charge >= 0.3 is 0 Å². The van der Waals surface area contributed by atoms with Crippen molar-refractivity contribution in [1.82, 2.24) is 4.31 Å². The molecule has 1 aliphatic rings. The van der Waals surface area contributed by atoms with E-state index in [1.807, 2.05) is 12.1 Å². The molecule has 1 amide bonds. The normalized spacial score (nSPS) is 20.1. The van der Waals surface area contributed by atoms with Gasteiger partial charge in [-0.15, -0.1) is 0 Å². The lowest BCUT2D eigenvalue weighted by molar-refractivity contribution is -0.119. The number of hydrogen-bond donors (Lipinski definition) is 1. The van der Waals surface area contributed by atoms with Crippen molar-refractivity contribution in [2.45, 2.75) is 18.9 Å². The summed E-state index contributed by atoms with van der Waals surface area (Å²) in [7, 11) is -3.36. The van der Waals surface area contributed by atoms with Crippen molar-refractivity contribution >= 4 is 53.5 Å². The van der Waals surface area contributed by atoms with Crippen molar-refractivity contribution in [3.05, 3.63) is 27.1 Å². The molecule has 0 aliphatic carbocycles. The number of anilines is 1. The number of nitrogens with zero attached hydrogens (tertiary/aromatic N) is 1. The van der Waals surface area contributed by atoms with Crippen molar-refractivity contribution in [3.63, 3.8) is 0 Å². The van der Waals surface area contributed by atoms with E-state index in [-0.39, 0.29) is 5.91 Å². The van der Waals surface area contributed by atoms with Crippen LogP contribution in [0.5, 0.6) is 0 Å². The highest BCUT2D eigenvalue weighted by molar-refractivity contribution is 9.11. The molecule has 5 nitrogen and oxygen atoms in total. The quantitative estimate of drug-likeness (QED) is 0.809. The van der Waals surface area contributed by atoms with Crippen LogP contribution in [-0.2, 0) is 14.8 Å². The number of halogens is 2. The second-order valence-corrected chi connectivity index (χ2v) is 8.35. The Balaban J connectivity index is 2.18. The van der Waals surface area contributed by atoms with E-state index in [0.717, 1.165) is 15.2 Å². The molecule has 110 valence electrons. The van der Waals surface area contributed by atoms with Crippen LogP contribution in [0.1, 0.15) is 12.8 Å². The molecule has 0 radical (unpaired) electrons. The third kappa shape index (κ3) is 3.60. The van der Waals surface area contributed by atoms with Crippen LogP contribution >= 0.6 is 31.9 Å². The van der Waals surface area contributed by atoms with Gasteiger partial charge in [-0.1, -0.05) is 15.9 Å². The summed E-state index contributed by atoms with van der Waals surface area (Å²) in [5.74, 6) is -0.299. The zero-order chi connectivity index (χ0) is 14.9. The van der Waals surface area contributed by atoms with Crippen LogP contribution in [0.15, 0.2) is 27.1 Å². The number of nitrogens with one attached hydrogen (secondary N) is 1. The fourth-order valence-electron chi connectivity index (χ4n) is 2.21. The van der Waals surface area contributed by atoms with Gasteiger partial charge in [0.05, 0.1) is 11.9 Å². The molecular formula is C12H14Br2N2O3S. The summed E-state index contributed by atoms with van der Waals surface area (Å²) < 4.78 is 26.1. The van der Waals surface area contributed by atoms with Crippen molar-refractivity contribution in [2.75, 3.05) is 18.1 Å². The van der Waals surface area contributed by atoms with E-state index in [4.69, 9.17) is 0 Å². The van der Waals surface area contributed by atoms with E-state index in [1.165, 1.54) is 4.31 Å². The minimum atomic E-state index is -3.36. The van der Waals surface area contributed by atoms with Crippen LogP contribution in [0, 0.1) is 0 Å². The van der Waals surface area contributed by atoms with Crippen LogP contribution in [0.2, 0.25) is 0 Å². The summed E-state index contributed by atoms with van der Waals surface area (Å²) in [6.45, 7) is 0.399. The first kappa shape index (κ1) is 15.9. The lowest BCUT2D eigenvalue weighted by atomic mass is 10.2. The predicted molar refractivity (Wildman–Crippen MR) is 85.0 cm³/mol. The van der Waals surface area contributed by atoms with Crippen LogP contribution in [0.4, 0.5) is 5.69 Å². The fourth-order valence-corrected chi connectivity index (χ4v) is 4.04. The predicted octanol–water partition coefficient (Wildman–Crippen LogP) is 2.57. The first-order chi connectivity index (χ1) is 9.29. The highest BCUT2D eigenvalue weighted by atomic mass is 79.9. The van der Waals surface area contributed by atoms with Gasteiger partial charge in [0.1, 0.15) is 6.04 Å². The Hall–Kier alpha value is -0.440. The van der Waals surface area contributed by atoms with Crippen LogP contribution < -0.4 is 5.32 Å². The SMILES string of the molecule is CS(=O)(=O)N1CCCC1C(=O)Nc1cc(Br)ccc1Br. The van der Waals surface area contributed by atoms with Gasteiger partial charge < -0.3 is 5.32 Å². The molecule has 1 aromatic carbocycles. The molecule has 1 saturated heterocycles. The summed E-state index contributed by atoms with van der Waals surface area (Å²) in [6, 6.07) is 4.79. The average Bonchev–Trinajstić information content (AvgIpc) is 2.82. The van der Waals surface area contributed by atoms with E-state index in [0.29, 0.717) is 25.1 Å². The minimum absolute atomic E-state index is 0.299. The van der Waals surface area contributed by atoms with Gasteiger partial charge in [-0.3, -0.25) is 4.79 Å². The van der Waals surface area contributed by atoms with Crippen LogP contribution in [-0.4, -0.2) is 37.5 Å². The molecule has 1 N–H and O–H groups in total. The maximum atomic E-state index is 12.3. The zero-order valence-electron chi connectivity index (χ0n) is 10.8. The number of amides is 1. The third-order valence-corrected chi connectivity index (χ3v) is 5.59. The lowest BCUT2D eigenvalue weighted by Gasteiger charge is -2.21. The fraction of sp³-hybridized carbons (Fsp3) is 0.417. The number of carbonyl (C=O) groups is 1. The van der Waals surface area contributed by atoms with Gasteiger partial charge in [0.15, 0.2) is 0 Å². The second-order valence-electron chi connectivity index (χ2n) is 4.65. The maximum Gasteiger partial charge on any atom is 0.242 e. The average molecular weight is 426 g/mol. The van der Waals surface area contributed by atoms with E-state index in [2.05, 4.69) is 37.2 Å². The summed E-state index contributed by atoms with van der Waals surface area (Å²) in [4.78, 5) is 12.3. The Morgan fingerprint density at radius 3 is 2.75 bits per heavy atom. The Morgan fingerprint density at radius 1 is 1.40 bits per heavy atom. The molecule has 1 fully saturated rings. The van der Waals surface area contributed by atoms with E-state index >= 15 is 0 Å². The molecular weight excluding hydrogens is 412 g/mol. The number of carbonyl (C=O) groups excluding carboxylic acids is 1. The molecule has 1 heterocycles. The molecule has 0 bridgehead atoms. The van der Waals surface area contributed by atoms with Crippen LogP contribution in [0.25, 0.3) is 0 Å². The summed E-state index contributed by atoms with van der Waals surface area (Å²) in [5, 5.41) is 2.77. The molecule has 8 heteroatoms. The lowest BCUT2D eigenvalue weighted by Crippen LogP contribution is -2.42. The third-order valence-electron chi connectivity index (χ3n) is 3.12. The van der Waals surface area contributed by atoms with Gasteiger partial charge in [0.2, 0.25) is 15.9 Å². The van der Waals surface area contributed by atoms with Crippen molar-refractivity contribution in [2.24, 2.45) is 0 Å². The van der Waals surface area contributed by atoms with E-state index in [9.17, 15) is 13.2 Å². The Morgan fingerprint density at radius 2 is 2.10 bits per heavy atom. The molecule has 1 aliphatic heterocycles. The molecule has 20 heavy (non-hydrogen) atoms. The molecule has 1 unspecified atom stereocenters. The Kier molecular flexibility index (Phi) is 4.88. The number of hydrogen-bond acceptors (Lipinski definition) is 3.